The average molecular weight is 196 g/mol. The molecule has 1 aromatic rings. The molecule has 1 rings (SSSR count). The molecule has 0 radical (unpaired) electrons. The van der Waals surface area contributed by atoms with Gasteiger partial charge >= 0.3 is 0 Å². The SMILES string of the molecule is O=C(NC(CO)CO)c1ccncc1. The molecule has 0 bridgehead atoms. The fraction of sp³-hybridized carbons (Fsp3) is 0.333. The molecule has 0 aliphatic heterocycles. The molecule has 0 fully saturated rings. The fourth-order valence-electron chi connectivity index (χ4n) is 0.921. The third-order valence-electron chi connectivity index (χ3n) is 1.72. The number of nitrogens with one attached hydrogen (secondary N) is 1. The molecule has 14 heavy (non-hydrogen) atoms. The minimum Gasteiger partial charge on any atom is -0.394 e. The van der Waals surface area contributed by atoms with Crippen LogP contribution < -0.4 is 5.32 Å². The quantitative estimate of drug-likeness (QED) is 0.586. The average Bonchev–Trinajstić information content (AvgIpc) is 2.26. The Bertz CT molecular complexity index is 285. The van der Waals surface area contributed by atoms with E-state index in [-0.39, 0.29) is 19.1 Å². The van der Waals surface area contributed by atoms with Crippen molar-refractivity contribution in [3.63, 3.8) is 0 Å². The van der Waals surface area contributed by atoms with Gasteiger partial charge in [-0.15, -0.1) is 0 Å². The molecule has 1 amide bonds. The number of amides is 1. The molecule has 5 nitrogen and oxygen atoms in total. The first-order valence-electron chi connectivity index (χ1n) is 4.20. The maximum absolute atomic E-state index is 11.4. The number of pyridine rings is 1. The first kappa shape index (κ1) is 10.6. The molecule has 0 aliphatic carbocycles. The van der Waals surface area contributed by atoms with Gasteiger partial charge in [-0.2, -0.15) is 0 Å². The summed E-state index contributed by atoms with van der Waals surface area (Å²) in [7, 11) is 0. The van der Waals surface area contributed by atoms with E-state index >= 15 is 0 Å². The summed E-state index contributed by atoms with van der Waals surface area (Å²) >= 11 is 0. The molecule has 76 valence electrons. The van der Waals surface area contributed by atoms with Crippen molar-refractivity contribution in [2.24, 2.45) is 0 Å². The van der Waals surface area contributed by atoms with Gasteiger partial charge in [-0.25, -0.2) is 0 Å². The minimum absolute atomic E-state index is 0.284. The normalized spacial score (nSPS) is 10.2. The number of hydrogen-bond donors (Lipinski definition) is 3. The van der Waals surface area contributed by atoms with Crippen LogP contribution in [0.4, 0.5) is 0 Å². The molecule has 5 heteroatoms. The van der Waals surface area contributed by atoms with Crippen LogP contribution in [0.1, 0.15) is 10.4 Å². The zero-order valence-corrected chi connectivity index (χ0v) is 7.55. The Kier molecular flexibility index (Phi) is 4.03. The highest BCUT2D eigenvalue weighted by Gasteiger charge is 2.10. The maximum Gasteiger partial charge on any atom is 0.251 e. The second-order valence-corrected chi connectivity index (χ2v) is 2.77. The highest BCUT2D eigenvalue weighted by atomic mass is 16.3. The van der Waals surface area contributed by atoms with Crippen LogP contribution in [0.25, 0.3) is 0 Å². The summed E-state index contributed by atoms with van der Waals surface area (Å²) in [6.45, 7) is -0.569. The lowest BCUT2D eigenvalue weighted by molar-refractivity contribution is 0.0879. The van der Waals surface area contributed by atoms with Gasteiger partial charge in [0.2, 0.25) is 0 Å². The van der Waals surface area contributed by atoms with Gasteiger partial charge in [-0.3, -0.25) is 9.78 Å². The summed E-state index contributed by atoms with van der Waals surface area (Å²) in [5.41, 5.74) is 0.451. The predicted octanol–water partition coefficient (Wildman–Crippen LogP) is -0.835. The Hall–Kier alpha value is -1.46. The Labute approximate surface area is 81.4 Å². The molecule has 3 N–H and O–H groups in total. The van der Waals surface area contributed by atoms with Gasteiger partial charge in [-0.1, -0.05) is 0 Å². The van der Waals surface area contributed by atoms with Crippen LogP contribution in [0.15, 0.2) is 24.5 Å². The van der Waals surface area contributed by atoms with Crippen molar-refractivity contribution in [1.29, 1.82) is 0 Å². The van der Waals surface area contributed by atoms with Crippen molar-refractivity contribution >= 4 is 5.91 Å². The van der Waals surface area contributed by atoms with E-state index in [1.807, 2.05) is 0 Å². The highest BCUT2D eigenvalue weighted by molar-refractivity contribution is 5.94. The minimum atomic E-state index is -0.615. The van der Waals surface area contributed by atoms with Crippen LogP contribution >= 0.6 is 0 Å². The van der Waals surface area contributed by atoms with Gasteiger partial charge in [0.05, 0.1) is 19.3 Å². The number of hydrogen-bond acceptors (Lipinski definition) is 4. The first-order chi connectivity index (χ1) is 6.77. The standard InChI is InChI=1S/C9H12N2O3/c12-5-8(6-13)11-9(14)7-1-3-10-4-2-7/h1-4,8,12-13H,5-6H2,(H,11,14). The van der Waals surface area contributed by atoms with E-state index in [2.05, 4.69) is 10.3 Å². The van der Waals surface area contributed by atoms with Gasteiger partial charge in [0, 0.05) is 18.0 Å². The molecular formula is C9H12N2O3. The Balaban J connectivity index is 2.59. The molecule has 0 atom stereocenters. The smallest absolute Gasteiger partial charge is 0.251 e. The van der Waals surface area contributed by atoms with Crippen LogP contribution in [0.5, 0.6) is 0 Å². The van der Waals surface area contributed by atoms with Gasteiger partial charge < -0.3 is 15.5 Å². The number of aromatic nitrogens is 1. The van der Waals surface area contributed by atoms with Crippen molar-refractivity contribution in [2.45, 2.75) is 6.04 Å². The van der Waals surface area contributed by atoms with Crippen LogP contribution in [0, 0.1) is 0 Å². The second kappa shape index (κ2) is 5.31. The van der Waals surface area contributed by atoms with Crippen molar-refractivity contribution < 1.29 is 15.0 Å². The molecular weight excluding hydrogens is 184 g/mol. The molecule has 0 aromatic carbocycles. The Morgan fingerprint density at radius 1 is 1.36 bits per heavy atom. The van der Waals surface area contributed by atoms with Gasteiger partial charge in [0.1, 0.15) is 0 Å². The molecule has 1 aromatic heterocycles. The van der Waals surface area contributed by atoms with Crippen LogP contribution in [0.2, 0.25) is 0 Å². The first-order valence-corrected chi connectivity index (χ1v) is 4.20. The Morgan fingerprint density at radius 3 is 2.43 bits per heavy atom. The van der Waals surface area contributed by atoms with Crippen molar-refractivity contribution in [2.75, 3.05) is 13.2 Å². The summed E-state index contributed by atoms with van der Waals surface area (Å²) < 4.78 is 0. The molecule has 1 heterocycles. The lowest BCUT2D eigenvalue weighted by atomic mass is 10.2. The summed E-state index contributed by atoms with van der Waals surface area (Å²) in [4.78, 5) is 15.2. The topological polar surface area (TPSA) is 82.5 Å². The number of rotatable bonds is 4. The summed E-state index contributed by atoms with van der Waals surface area (Å²) in [5, 5.41) is 19.9. The van der Waals surface area contributed by atoms with E-state index in [0.717, 1.165) is 0 Å². The zero-order chi connectivity index (χ0) is 10.4. The molecule has 0 saturated heterocycles. The highest BCUT2D eigenvalue weighted by Crippen LogP contribution is 1.96. The summed E-state index contributed by atoms with van der Waals surface area (Å²) in [6, 6.07) is 2.50. The number of carbonyl (C=O) groups is 1. The van der Waals surface area contributed by atoms with Crippen molar-refractivity contribution in [3.05, 3.63) is 30.1 Å². The molecule has 0 unspecified atom stereocenters. The number of aliphatic hydroxyl groups is 2. The van der Waals surface area contributed by atoms with E-state index < -0.39 is 6.04 Å². The number of nitrogens with zero attached hydrogens (tertiary/aromatic N) is 1. The van der Waals surface area contributed by atoms with E-state index in [1.165, 1.54) is 12.4 Å². The largest absolute Gasteiger partial charge is 0.394 e. The third kappa shape index (κ3) is 2.79. The summed E-state index contributed by atoms with van der Waals surface area (Å²) in [5.74, 6) is -0.333. The lowest BCUT2D eigenvalue weighted by Crippen LogP contribution is -2.40. The number of carbonyl (C=O) groups excluding carboxylic acids is 1. The number of aliphatic hydroxyl groups excluding tert-OH is 2. The van der Waals surface area contributed by atoms with Crippen LogP contribution in [-0.4, -0.2) is 40.4 Å². The van der Waals surface area contributed by atoms with E-state index in [1.54, 1.807) is 12.1 Å². The van der Waals surface area contributed by atoms with E-state index in [4.69, 9.17) is 10.2 Å². The van der Waals surface area contributed by atoms with Crippen molar-refractivity contribution in [1.82, 2.24) is 10.3 Å². The predicted molar refractivity (Wildman–Crippen MR) is 49.7 cm³/mol. The third-order valence-corrected chi connectivity index (χ3v) is 1.72. The van der Waals surface area contributed by atoms with Gasteiger partial charge in [-0.05, 0) is 12.1 Å². The second-order valence-electron chi connectivity index (χ2n) is 2.77. The van der Waals surface area contributed by atoms with E-state index in [0.29, 0.717) is 5.56 Å². The lowest BCUT2D eigenvalue weighted by Gasteiger charge is -2.12. The van der Waals surface area contributed by atoms with Gasteiger partial charge in [0.25, 0.3) is 5.91 Å². The molecule has 0 aliphatic rings. The molecule has 0 spiro atoms. The fourth-order valence-corrected chi connectivity index (χ4v) is 0.921. The van der Waals surface area contributed by atoms with Crippen molar-refractivity contribution in [3.8, 4) is 0 Å². The zero-order valence-electron chi connectivity index (χ0n) is 7.55. The van der Waals surface area contributed by atoms with Crippen LogP contribution in [0.3, 0.4) is 0 Å². The van der Waals surface area contributed by atoms with Crippen LogP contribution in [-0.2, 0) is 0 Å². The maximum atomic E-state index is 11.4. The monoisotopic (exact) mass is 196 g/mol. The van der Waals surface area contributed by atoms with Gasteiger partial charge in [0.15, 0.2) is 0 Å². The van der Waals surface area contributed by atoms with E-state index in [9.17, 15) is 4.79 Å². The molecule has 0 saturated carbocycles. The Morgan fingerprint density at radius 2 is 1.93 bits per heavy atom. The summed E-state index contributed by atoms with van der Waals surface area (Å²) in [6.07, 6.45) is 3.00.